The highest BCUT2D eigenvalue weighted by Gasteiger charge is 2.01. The lowest BCUT2D eigenvalue weighted by atomic mass is 10.1. The molecule has 16 heavy (non-hydrogen) atoms. The van der Waals surface area contributed by atoms with Crippen molar-refractivity contribution in [2.24, 2.45) is 0 Å². The SMILES string of the molecule is Nc1ccnc(CCc2ccccc2Cl)n1. The lowest BCUT2D eigenvalue weighted by Gasteiger charge is -2.03. The van der Waals surface area contributed by atoms with E-state index in [0.29, 0.717) is 5.82 Å². The molecule has 0 bridgehead atoms. The number of hydrogen-bond acceptors (Lipinski definition) is 3. The molecule has 1 aromatic carbocycles. The number of aryl methyl sites for hydroxylation is 2. The Morgan fingerprint density at radius 2 is 1.94 bits per heavy atom. The maximum Gasteiger partial charge on any atom is 0.130 e. The number of anilines is 1. The predicted octanol–water partition coefficient (Wildman–Crippen LogP) is 2.50. The van der Waals surface area contributed by atoms with Crippen LogP contribution in [0.4, 0.5) is 5.82 Å². The quantitative estimate of drug-likeness (QED) is 0.886. The first-order chi connectivity index (χ1) is 7.75. The first-order valence-electron chi connectivity index (χ1n) is 5.06. The van der Waals surface area contributed by atoms with Gasteiger partial charge in [0.05, 0.1) is 0 Å². The predicted molar refractivity (Wildman–Crippen MR) is 65.3 cm³/mol. The monoisotopic (exact) mass is 233 g/mol. The van der Waals surface area contributed by atoms with E-state index >= 15 is 0 Å². The molecule has 0 unspecified atom stereocenters. The van der Waals surface area contributed by atoms with Crippen LogP contribution < -0.4 is 5.73 Å². The van der Waals surface area contributed by atoms with E-state index in [1.54, 1.807) is 12.3 Å². The molecule has 0 atom stereocenters. The highest BCUT2D eigenvalue weighted by Crippen LogP contribution is 2.16. The maximum atomic E-state index is 6.06. The minimum atomic E-state index is 0.504. The van der Waals surface area contributed by atoms with Gasteiger partial charge in [-0.3, -0.25) is 0 Å². The summed E-state index contributed by atoms with van der Waals surface area (Å²) < 4.78 is 0. The third-order valence-electron chi connectivity index (χ3n) is 2.30. The van der Waals surface area contributed by atoms with Gasteiger partial charge in [-0.05, 0) is 24.1 Å². The van der Waals surface area contributed by atoms with Crippen LogP contribution in [-0.4, -0.2) is 9.97 Å². The first-order valence-corrected chi connectivity index (χ1v) is 5.44. The van der Waals surface area contributed by atoms with Crippen LogP contribution in [0.1, 0.15) is 11.4 Å². The van der Waals surface area contributed by atoms with E-state index in [1.807, 2.05) is 24.3 Å². The number of nitrogen functional groups attached to an aromatic ring is 1. The molecule has 0 fully saturated rings. The molecular formula is C12H12ClN3. The summed E-state index contributed by atoms with van der Waals surface area (Å²) in [6.45, 7) is 0. The highest BCUT2D eigenvalue weighted by molar-refractivity contribution is 6.31. The number of hydrogen-bond donors (Lipinski definition) is 1. The molecule has 1 heterocycles. The zero-order chi connectivity index (χ0) is 11.4. The van der Waals surface area contributed by atoms with Gasteiger partial charge in [-0.15, -0.1) is 0 Å². The summed E-state index contributed by atoms with van der Waals surface area (Å²) in [5.41, 5.74) is 6.69. The molecule has 1 aromatic heterocycles. The second-order valence-electron chi connectivity index (χ2n) is 3.49. The minimum absolute atomic E-state index is 0.504. The van der Waals surface area contributed by atoms with Gasteiger partial charge in [-0.25, -0.2) is 9.97 Å². The Balaban J connectivity index is 2.05. The van der Waals surface area contributed by atoms with Crippen molar-refractivity contribution in [2.45, 2.75) is 12.8 Å². The molecule has 0 aliphatic rings. The molecular weight excluding hydrogens is 222 g/mol. The summed E-state index contributed by atoms with van der Waals surface area (Å²) in [5.74, 6) is 1.25. The Labute approximate surface area is 99.3 Å². The van der Waals surface area contributed by atoms with Crippen LogP contribution in [0.3, 0.4) is 0 Å². The minimum Gasteiger partial charge on any atom is -0.384 e. The zero-order valence-electron chi connectivity index (χ0n) is 8.73. The fourth-order valence-corrected chi connectivity index (χ4v) is 1.71. The van der Waals surface area contributed by atoms with E-state index in [2.05, 4.69) is 9.97 Å². The fourth-order valence-electron chi connectivity index (χ4n) is 1.48. The van der Waals surface area contributed by atoms with Crippen molar-refractivity contribution in [1.82, 2.24) is 9.97 Å². The molecule has 0 amide bonds. The van der Waals surface area contributed by atoms with Gasteiger partial charge in [0.2, 0.25) is 0 Å². The number of nitrogens with two attached hydrogens (primary N) is 1. The molecule has 4 heteroatoms. The van der Waals surface area contributed by atoms with Gasteiger partial charge in [0.15, 0.2) is 0 Å². The zero-order valence-corrected chi connectivity index (χ0v) is 9.48. The van der Waals surface area contributed by atoms with Gasteiger partial charge in [0, 0.05) is 17.6 Å². The van der Waals surface area contributed by atoms with Crippen LogP contribution in [0, 0.1) is 0 Å². The first kappa shape index (κ1) is 10.9. The second kappa shape index (κ2) is 4.94. The van der Waals surface area contributed by atoms with Crippen molar-refractivity contribution >= 4 is 17.4 Å². The number of aromatic nitrogens is 2. The molecule has 2 aromatic rings. The average Bonchev–Trinajstić information content (AvgIpc) is 2.28. The summed E-state index contributed by atoms with van der Waals surface area (Å²) in [7, 11) is 0. The summed E-state index contributed by atoms with van der Waals surface area (Å²) in [6.07, 6.45) is 3.24. The van der Waals surface area contributed by atoms with E-state index in [1.165, 1.54) is 0 Å². The third kappa shape index (κ3) is 2.70. The van der Waals surface area contributed by atoms with Gasteiger partial charge in [0.1, 0.15) is 11.6 Å². The van der Waals surface area contributed by atoms with Crippen molar-refractivity contribution < 1.29 is 0 Å². The lowest BCUT2D eigenvalue weighted by Crippen LogP contribution is -2.00. The van der Waals surface area contributed by atoms with Gasteiger partial charge in [0.25, 0.3) is 0 Å². The molecule has 0 saturated carbocycles. The molecule has 0 spiro atoms. The Morgan fingerprint density at radius 3 is 2.69 bits per heavy atom. The Kier molecular flexibility index (Phi) is 3.37. The van der Waals surface area contributed by atoms with E-state index in [-0.39, 0.29) is 0 Å². The van der Waals surface area contributed by atoms with Crippen molar-refractivity contribution in [3.8, 4) is 0 Å². The van der Waals surface area contributed by atoms with Gasteiger partial charge in [-0.1, -0.05) is 29.8 Å². The van der Waals surface area contributed by atoms with Gasteiger partial charge >= 0.3 is 0 Å². The lowest BCUT2D eigenvalue weighted by molar-refractivity contribution is 0.861. The summed E-state index contributed by atoms with van der Waals surface area (Å²) in [4.78, 5) is 8.29. The smallest absolute Gasteiger partial charge is 0.130 e. The number of benzene rings is 1. The number of nitrogens with zero attached hydrogens (tertiary/aromatic N) is 2. The van der Waals surface area contributed by atoms with Crippen molar-refractivity contribution in [3.63, 3.8) is 0 Å². The Hall–Kier alpha value is -1.61. The van der Waals surface area contributed by atoms with Crippen LogP contribution in [0.15, 0.2) is 36.5 Å². The topological polar surface area (TPSA) is 51.8 Å². The fraction of sp³-hybridized carbons (Fsp3) is 0.167. The largest absolute Gasteiger partial charge is 0.384 e. The molecule has 0 aliphatic carbocycles. The maximum absolute atomic E-state index is 6.06. The molecule has 82 valence electrons. The molecule has 2 N–H and O–H groups in total. The van der Waals surface area contributed by atoms with E-state index in [0.717, 1.165) is 29.3 Å². The summed E-state index contributed by atoms with van der Waals surface area (Å²) in [5, 5.41) is 0.784. The van der Waals surface area contributed by atoms with E-state index in [4.69, 9.17) is 17.3 Å². The van der Waals surface area contributed by atoms with Crippen LogP contribution in [0.25, 0.3) is 0 Å². The second-order valence-corrected chi connectivity index (χ2v) is 3.90. The molecule has 2 rings (SSSR count). The highest BCUT2D eigenvalue weighted by atomic mass is 35.5. The average molecular weight is 234 g/mol. The van der Waals surface area contributed by atoms with Crippen molar-refractivity contribution in [1.29, 1.82) is 0 Å². The summed E-state index contributed by atoms with van der Waals surface area (Å²) in [6, 6.07) is 9.47. The van der Waals surface area contributed by atoms with E-state index < -0.39 is 0 Å². The van der Waals surface area contributed by atoms with Crippen LogP contribution in [0.2, 0.25) is 5.02 Å². The van der Waals surface area contributed by atoms with E-state index in [9.17, 15) is 0 Å². The molecule has 3 nitrogen and oxygen atoms in total. The third-order valence-corrected chi connectivity index (χ3v) is 2.67. The van der Waals surface area contributed by atoms with Crippen molar-refractivity contribution in [3.05, 3.63) is 52.9 Å². The summed E-state index contributed by atoms with van der Waals surface area (Å²) >= 11 is 6.06. The Morgan fingerprint density at radius 1 is 1.12 bits per heavy atom. The van der Waals surface area contributed by atoms with Crippen LogP contribution >= 0.6 is 11.6 Å². The van der Waals surface area contributed by atoms with Gasteiger partial charge in [-0.2, -0.15) is 0 Å². The molecule has 0 saturated heterocycles. The number of rotatable bonds is 3. The van der Waals surface area contributed by atoms with Crippen molar-refractivity contribution in [2.75, 3.05) is 5.73 Å². The number of halogens is 1. The van der Waals surface area contributed by atoms with Crippen LogP contribution in [-0.2, 0) is 12.8 Å². The van der Waals surface area contributed by atoms with Gasteiger partial charge < -0.3 is 5.73 Å². The normalized spacial score (nSPS) is 10.3. The molecule has 0 radical (unpaired) electrons. The van der Waals surface area contributed by atoms with Crippen LogP contribution in [0.5, 0.6) is 0 Å². The molecule has 0 aliphatic heterocycles. The standard InChI is InChI=1S/C12H12ClN3/c13-10-4-2-1-3-9(10)5-6-12-15-8-7-11(14)16-12/h1-4,7-8H,5-6H2,(H2,14,15,16). The Bertz CT molecular complexity index is 485.